The Kier molecular flexibility index (Phi) is 3.95. The van der Waals surface area contributed by atoms with Crippen LogP contribution in [0, 0.1) is 0 Å². The number of nitrogens with two attached hydrogens (primary N) is 1. The lowest BCUT2D eigenvalue weighted by Gasteiger charge is -2.31. The Hall–Kier alpha value is -0.550. The van der Waals surface area contributed by atoms with Gasteiger partial charge in [-0.05, 0) is 11.8 Å². The van der Waals surface area contributed by atoms with E-state index in [1.807, 2.05) is 18.2 Å². The topological polar surface area (TPSA) is 66.5 Å². The van der Waals surface area contributed by atoms with Crippen LogP contribution in [0.1, 0.15) is 5.56 Å². The smallest absolute Gasteiger partial charge is 0.153 e. The van der Waals surface area contributed by atoms with E-state index in [0.717, 1.165) is 0 Å². The van der Waals surface area contributed by atoms with E-state index in [1.54, 1.807) is 18.4 Å². The first-order chi connectivity index (χ1) is 6.65. The summed E-state index contributed by atoms with van der Waals surface area (Å²) in [7, 11) is 0. The highest BCUT2D eigenvalue weighted by molar-refractivity contribution is 7.99. The molecule has 0 saturated heterocycles. The molecule has 0 aromatic heterocycles. The maximum absolute atomic E-state index is 10.2. The summed E-state index contributed by atoms with van der Waals surface area (Å²) in [5.74, 6) is 0. The highest BCUT2D eigenvalue weighted by Crippen LogP contribution is 2.33. The van der Waals surface area contributed by atoms with Crippen LogP contribution in [0.5, 0.6) is 0 Å². The molecule has 78 valence electrons. The zero-order valence-electron chi connectivity index (χ0n) is 8.05. The van der Waals surface area contributed by atoms with Crippen molar-refractivity contribution in [3.8, 4) is 0 Å². The van der Waals surface area contributed by atoms with Crippen molar-refractivity contribution in [2.75, 3.05) is 12.9 Å². The van der Waals surface area contributed by atoms with Crippen LogP contribution in [-0.4, -0.2) is 29.1 Å². The molecular formula is C10H15NO2S. The predicted octanol–water partition coefficient (Wildman–Crippen LogP) is 0.514. The van der Waals surface area contributed by atoms with E-state index in [0.29, 0.717) is 5.56 Å². The number of benzene rings is 1. The number of aliphatic hydroxyl groups is 2. The normalized spacial score (nSPS) is 17.4. The van der Waals surface area contributed by atoms with E-state index in [9.17, 15) is 5.11 Å². The van der Waals surface area contributed by atoms with Crippen molar-refractivity contribution in [1.82, 2.24) is 0 Å². The molecule has 0 aliphatic carbocycles. The molecule has 2 atom stereocenters. The summed E-state index contributed by atoms with van der Waals surface area (Å²) in [5.41, 5.74) is 6.39. The number of aliphatic hydroxyl groups excluding tert-OH is 1. The zero-order valence-corrected chi connectivity index (χ0v) is 8.87. The molecule has 14 heavy (non-hydrogen) atoms. The first-order valence-electron chi connectivity index (χ1n) is 4.34. The molecule has 0 aliphatic heterocycles. The van der Waals surface area contributed by atoms with Crippen LogP contribution in [-0.2, 0) is 4.93 Å². The van der Waals surface area contributed by atoms with Gasteiger partial charge < -0.3 is 15.9 Å². The lowest BCUT2D eigenvalue weighted by atomic mass is 10.0. The van der Waals surface area contributed by atoms with E-state index in [2.05, 4.69) is 0 Å². The van der Waals surface area contributed by atoms with Crippen molar-refractivity contribution in [2.45, 2.75) is 11.0 Å². The minimum absolute atomic E-state index is 0.244. The third kappa shape index (κ3) is 2.09. The van der Waals surface area contributed by atoms with Crippen LogP contribution < -0.4 is 5.73 Å². The molecule has 0 spiro atoms. The molecule has 0 saturated carbocycles. The average Bonchev–Trinajstić information content (AvgIpc) is 2.28. The van der Waals surface area contributed by atoms with Gasteiger partial charge in [-0.25, -0.2) is 0 Å². The predicted molar refractivity (Wildman–Crippen MR) is 58.9 cm³/mol. The van der Waals surface area contributed by atoms with Gasteiger partial charge >= 0.3 is 0 Å². The fourth-order valence-corrected chi connectivity index (χ4v) is 2.03. The van der Waals surface area contributed by atoms with Crippen LogP contribution in [0.4, 0.5) is 0 Å². The molecule has 4 heteroatoms. The highest BCUT2D eigenvalue weighted by Gasteiger charge is 2.34. The van der Waals surface area contributed by atoms with Crippen molar-refractivity contribution in [1.29, 1.82) is 0 Å². The molecule has 0 bridgehead atoms. The molecular weight excluding hydrogens is 198 g/mol. The SMILES string of the molecule is CSC(O)(c1ccccc1)C(N)CO. The maximum Gasteiger partial charge on any atom is 0.153 e. The summed E-state index contributed by atoms with van der Waals surface area (Å²) in [6.07, 6.45) is 1.77. The van der Waals surface area contributed by atoms with Gasteiger partial charge in [0, 0.05) is 0 Å². The van der Waals surface area contributed by atoms with Gasteiger partial charge in [0.1, 0.15) is 0 Å². The Morgan fingerprint density at radius 3 is 2.43 bits per heavy atom. The summed E-state index contributed by atoms with van der Waals surface area (Å²) in [4.78, 5) is -1.21. The average molecular weight is 213 g/mol. The molecule has 1 rings (SSSR count). The first kappa shape index (κ1) is 11.5. The van der Waals surface area contributed by atoms with Gasteiger partial charge in [0.2, 0.25) is 0 Å². The summed E-state index contributed by atoms with van der Waals surface area (Å²) in [6.45, 7) is -0.244. The van der Waals surface area contributed by atoms with E-state index in [-0.39, 0.29) is 6.61 Å². The van der Waals surface area contributed by atoms with Crippen LogP contribution in [0.25, 0.3) is 0 Å². The van der Waals surface area contributed by atoms with Crippen LogP contribution in [0.3, 0.4) is 0 Å². The Bertz CT molecular complexity index is 281. The molecule has 0 aliphatic rings. The molecule has 4 N–H and O–H groups in total. The minimum atomic E-state index is -1.21. The quantitative estimate of drug-likeness (QED) is 0.638. The van der Waals surface area contributed by atoms with Gasteiger partial charge in [-0.15, -0.1) is 11.8 Å². The van der Waals surface area contributed by atoms with Crippen molar-refractivity contribution >= 4 is 11.8 Å². The number of rotatable bonds is 4. The summed E-state index contributed by atoms with van der Waals surface area (Å²) in [5, 5.41) is 19.2. The van der Waals surface area contributed by atoms with Gasteiger partial charge in [-0.3, -0.25) is 0 Å². The number of thioether (sulfide) groups is 1. The molecule has 0 heterocycles. The summed E-state index contributed by atoms with van der Waals surface area (Å²) >= 11 is 1.23. The second-order valence-corrected chi connectivity index (χ2v) is 4.09. The largest absolute Gasteiger partial charge is 0.395 e. The molecule has 3 nitrogen and oxygen atoms in total. The third-order valence-corrected chi connectivity index (χ3v) is 3.36. The zero-order chi connectivity index (χ0) is 10.6. The fourth-order valence-electron chi connectivity index (χ4n) is 1.28. The lowest BCUT2D eigenvalue weighted by Crippen LogP contribution is -2.45. The minimum Gasteiger partial charge on any atom is -0.395 e. The number of hydrogen-bond acceptors (Lipinski definition) is 4. The van der Waals surface area contributed by atoms with E-state index < -0.39 is 11.0 Å². The van der Waals surface area contributed by atoms with E-state index in [4.69, 9.17) is 10.8 Å². The Balaban J connectivity index is 3.01. The molecule has 0 radical (unpaired) electrons. The number of hydrogen-bond donors (Lipinski definition) is 3. The van der Waals surface area contributed by atoms with Gasteiger partial charge in [-0.2, -0.15) is 0 Å². The van der Waals surface area contributed by atoms with Crippen molar-refractivity contribution in [3.05, 3.63) is 35.9 Å². The molecule has 0 fully saturated rings. The van der Waals surface area contributed by atoms with Crippen LogP contribution in [0.15, 0.2) is 30.3 Å². The Morgan fingerprint density at radius 1 is 1.43 bits per heavy atom. The van der Waals surface area contributed by atoms with Crippen LogP contribution >= 0.6 is 11.8 Å². The maximum atomic E-state index is 10.2. The van der Waals surface area contributed by atoms with Gasteiger partial charge in [0.15, 0.2) is 4.93 Å². The molecule has 0 amide bonds. The van der Waals surface area contributed by atoms with E-state index in [1.165, 1.54) is 11.8 Å². The monoisotopic (exact) mass is 213 g/mol. The second kappa shape index (κ2) is 4.79. The summed E-state index contributed by atoms with van der Waals surface area (Å²) < 4.78 is 0. The van der Waals surface area contributed by atoms with Gasteiger partial charge in [0.05, 0.1) is 12.6 Å². The van der Waals surface area contributed by atoms with Crippen LogP contribution in [0.2, 0.25) is 0 Å². The van der Waals surface area contributed by atoms with Crippen molar-refractivity contribution < 1.29 is 10.2 Å². The first-order valence-corrected chi connectivity index (χ1v) is 5.57. The van der Waals surface area contributed by atoms with E-state index >= 15 is 0 Å². The Labute approximate surface area is 87.9 Å². The standard InChI is InChI=1S/C10H15NO2S/c1-14-10(13,9(11)7-12)8-5-3-2-4-6-8/h2-6,9,12-13H,7,11H2,1H3. The van der Waals surface area contributed by atoms with Gasteiger partial charge in [0.25, 0.3) is 0 Å². The fraction of sp³-hybridized carbons (Fsp3) is 0.400. The molecule has 1 aromatic rings. The molecule has 1 aromatic carbocycles. The second-order valence-electron chi connectivity index (χ2n) is 3.06. The third-order valence-electron chi connectivity index (χ3n) is 2.20. The van der Waals surface area contributed by atoms with Crippen molar-refractivity contribution in [2.24, 2.45) is 5.73 Å². The summed E-state index contributed by atoms with van der Waals surface area (Å²) in [6, 6.07) is 8.45. The lowest BCUT2D eigenvalue weighted by molar-refractivity contribution is 0.0769. The highest BCUT2D eigenvalue weighted by atomic mass is 32.2. The molecule has 2 unspecified atom stereocenters. The van der Waals surface area contributed by atoms with Gasteiger partial charge in [-0.1, -0.05) is 30.3 Å². The Morgan fingerprint density at radius 2 is 2.00 bits per heavy atom. The van der Waals surface area contributed by atoms with Crippen molar-refractivity contribution in [3.63, 3.8) is 0 Å².